The minimum Gasteiger partial charge on any atom is -0.497 e. The van der Waals surface area contributed by atoms with Crippen LogP contribution in [0.5, 0.6) is 5.75 Å². The third-order valence-electron chi connectivity index (χ3n) is 6.10. The standard InChI is InChI=1S/C28H24F3N3O5S/c1-18-13-21(20-6-3-7-22(14-20)28(29,30)31)15-25(27(35)39-32)26(18)34(17-19-5-4-12-33-16-19)40(36,37)24-10-8-23(38-2)9-11-24/h3-16H,17,32H2,1-2H3. The summed E-state index contributed by atoms with van der Waals surface area (Å²) in [4.78, 5) is 21.4. The van der Waals surface area contributed by atoms with Crippen LogP contribution in [0.2, 0.25) is 0 Å². The van der Waals surface area contributed by atoms with Crippen LogP contribution in [0.3, 0.4) is 0 Å². The van der Waals surface area contributed by atoms with Gasteiger partial charge in [-0.05, 0) is 83.8 Å². The number of aromatic nitrogens is 1. The highest BCUT2D eigenvalue weighted by Gasteiger charge is 2.33. The number of anilines is 1. The summed E-state index contributed by atoms with van der Waals surface area (Å²) in [5.74, 6) is 4.57. The predicted octanol–water partition coefficient (Wildman–Crippen LogP) is 5.51. The molecule has 3 aromatic carbocycles. The smallest absolute Gasteiger partial charge is 0.416 e. The first-order valence-corrected chi connectivity index (χ1v) is 13.2. The molecule has 2 N–H and O–H groups in total. The summed E-state index contributed by atoms with van der Waals surface area (Å²) in [6.45, 7) is 1.32. The molecular formula is C28H24F3N3O5S. The molecule has 0 aliphatic heterocycles. The second-order valence-electron chi connectivity index (χ2n) is 8.72. The highest BCUT2D eigenvalue weighted by Crippen LogP contribution is 2.38. The van der Waals surface area contributed by atoms with Crippen LogP contribution in [-0.4, -0.2) is 26.5 Å². The lowest BCUT2D eigenvalue weighted by Gasteiger charge is -2.28. The number of pyridine rings is 1. The van der Waals surface area contributed by atoms with Gasteiger partial charge in [0.15, 0.2) is 0 Å². The van der Waals surface area contributed by atoms with Crippen molar-refractivity contribution < 1.29 is 36.0 Å². The molecule has 0 fully saturated rings. The van der Waals surface area contributed by atoms with Gasteiger partial charge in [-0.2, -0.15) is 19.1 Å². The van der Waals surface area contributed by atoms with E-state index in [2.05, 4.69) is 9.82 Å². The lowest BCUT2D eigenvalue weighted by molar-refractivity contribution is -0.137. The van der Waals surface area contributed by atoms with Gasteiger partial charge in [-0.25, -0.2) is 13.2 Å². The topological polar surface area (TPSA) is 112 Å². The van der Waals surface area contributed by atoms with Crippen LogP contribution in [0.4, 0.5) is 18.9 Å². The van der Waals surface area contributed by atoms with Crippen molar-refractivity contribution in [3.8, 4) is 16.9 Å². The summed E-state index contributed by atoms with van der Waals surface area (Å²) in [6.07, 6.45) is -1.58. The highest BCUT2D eigenvalue weighted by molar-refractivity contribution is 7.92. The lowest BCUT2D eigenvalue weighted by atomic mass is 9.96. The number of nitrogens with two attached hydrogens (primary N) is 1. The van der Waals surface area contributed by atoms with Crippen molar-refractivity contribution >= 4 is 21.7 Å². The zero-order valence-electron chi connectivity index (χ0n) is 21.3. The zero-order valence-corrected chi connectivity index (χ0v) is 22.2. The summed E-state index contributed by atoms with van der Waals surface area (Å²) >= 11 is 0. The van der Waals surface area contributed by atoms with Crippen LogP contribution in [0.15, 0.2) is 90.1 Å². The number of alkyl halides is 3. The maximum Gasteiger partial charge on any atom is 0.416 e. The summed E-state index contributed by atoms with van der Waals surface area (Å²) in [5.41, 5.74) is -0.00992. The molecule has 0 radical (unpaired) electrons. The predicted molar refractivity (Wildman–Crippen MR) is 142 cm³/mol. The van der Waals surface area contributed by atoms with Gasteiger partial charge in [0.05, 0.1) is 35.4 Å². The normalized spacial score (nSPS) is 11.7. The van der Waals surface area contributed by atoms with Gasteiger partial charge < -0.3 is 9.57 Å². The fraction of sp³-hybridized carbons (Fsp3) is 0.143. The van der Waals surface area contributed by atoms with E-state index in [4.69, 9.17) is 10.6 Å². The fourth-order valence-corrected chi connectivity index (χ4v) is 5.72. The highest BCUT2D eigenvalue weighted by atomic mass is 32.2. The molecule has 0 unspecified atom stereocenters. The van der Waals surface area contributed by atoms with Crippen molar-refractivity contribution in [2.45, 2.75) is 24.5 Å². The van der Waals surface area contributed by atoms with Crippen molar-refractivity contribution in [1.82, 2.24) is 4.98 Å². The molecule has 0 amide bonds. The van der Waals surface area contributed by atoms with Gasteiger partial charge >= 0.3 is 12.1 Å². The van der Waals surface area contributed by atoms with Gasteiger partial charge in [0.2, 0.25) is 0 Å². The minimum absolute atomic E-state index is 0.0501. The Bertz CT molecular complexity index is 1630. The first-order chi connectivity index (χ1) is 19.0. The number of hydrogen-bond acceptors (Lipinski definition) is 7. The molecule has 8 nitrogen and oxygen atoms in total. The van der Waals surface area contributed by atoms with Gasteiger partial charge in [0.25, 0.3) is 10.0 Å². The van der Waals surface area contributed by atoms with E-state index in [1.807, 2.05) is 0 Å². The Kier molecular flexibility index (Phi) is 8.12. The second kappa shape index (κ2) is 11.4. The van der Waals surface area contributed by atoms with Crippen LogP contribution >= 0.6 is 0 Å². The van der Waals surface area contributed by atoms with Crippen molar-refractivity contribution in [2.75, 3.05) is 11.4 Å². The van der Waals surface area contributed by atoms with E-state index in [-0.39, 0.29) is 39.4 Å². The Morgan fingerprint density at radius 2 is 1.73 bits per heavy atom. The molecule has 0 bridgehead atoms. The quantitative estimate of drug-likeness (QED) is 0.278. The summed E-state index contributed by atoms with van der Waals surface area (Å²) in [6, 6.07) is 16.3. The van der Waals surface area contributed by atoms with Crippen molar-refractivity contribution in [1.29, 1.82) is 0 Å². The SMILES string of the molecule is COc1ccc(S(=O)(=O)N(Cc2cccnc2)c2c(C)cc(-c3cccc(C(F)(F)F)c3)cc2C(=O)ON)cc1. The summed E-state index contributed by atoms with van der Waals surface area (Å²) in [5, 5.41) is 0. The van der Waals surface area contributed by atoms with E-state index < -0.39 is 27.7 Å². The maximum atomic E-state index is 14.0. The maximum absolute atomic E-state index is 14.0. The van der Waals surface area contributed by atoms with Gasteiger partial charge in [-0.3, -0.25) is 9.29 Å². The molecule has 208 valence electrons. The average Bonchev–Trinajstić information content (AvgIpc) is 2.95. The molecule has 0 spiro atoms. The number of carbonyl (C=O) groups is 1. The number of nitrogens with zero attached hydrogens (tertiary/aromatic N) is 2. The Labute approximate surface area is 228 Å². The number of rotatable bonds is 8. The van der Waals surface area contributed by atoms with Crippen molar-refractivity contribution in [3.05, 3.63) is 107 Å². The van der Waals surface area contributed by atoms with Gasteiger partial charge in [0.1, 0.15) is 5.75 Å². The van der Waals surface area contributed by atoms with Crippen molar-refractivity contribution in [2.24, 2.45) is 5.90 Å². The number of aryl methyl sites for hydroxylation is 1. The van der Waals surface area contributed by atoms with Crippen molar-refractivity contribution in [3.63, 3.8) is 0 Å². The van der Waals surface area contributed by atoms with E-state index in [1.54, 1.807) is 19.1 Å². The number of sulfonamides is 1. The molecule has 1 aromatic heterocycles. The number of halogens is 3. The largest absolute Gasteiger partial charge is 0.497 e. The summed E-state index contributed by atoms with van der Waals surface area (Å²) < 4.78 is 74.3. The van der Waals surface area contributed by atoms with Gasteiger partial charge in [0, 0.05) is 12.4 Å². The third-order valence-corrected chi connectivity index (χ3v) is 7.86. The molecule has 4 aromatic rings. The molecule has 12 heteroatoms. The number of ether oxygens (including phenoxy) is 1. The molecule has 4 rings (SSSR count). The third kappa shape index (κ3) is 5.92. The molecule has 0 saturated carbocycles. The van der Waals surface area contributed by atoms with E-state index in [9.17, 15) is 26.4 Å². The number of hydrogen-bond donors (Lipinski definition) is 1. The van der Waals surface area contributed by atoms with Crippen LogP contribution in [0.1, 0.15) is 27.0 Å². The van der Waals surface area contributed by atoms with E-state index >= 15 is 0 Å². The lowest BCUT2D eigenvalue weighted by Crippen LogP contribution is -2.33. The van der Waals surface area contributed by atoms with E-state index in [1.165, 1.54) is 68.0 Å². The Balaban J connectivity index is 1.94. The van der Waals surface area contributed by atoms with E-state index in [0.29, 0.717) is 11.3 Å². The molecule has 0 aliphatic rings. The number of carbonyl (C=O) groups excluding carboxylic acids is 1. The molecule has 1 heterocycles. The average molecular weight is 572 g/mol. The van der Waals surface area contributed by atoms with Crippen LogP contribution < -0.4 is 14.9 Å². The van der Waals surface area contributed by atoms with Crippen LogP contribution in [-0.2, 0) is 27.6 Å². The molecule has 0 aliphatic carbocycles. The number of methoxy groups -OCH3 is 1. The molecule has 0 atom stereocenters. The molecular weight excluding hydrogens is 547 g/mol. The zero-order chi connectivity index (χ0) is 29.1. The first-order valence-electron chi connectivity index (χ1n) is 11.7. The fourth-order valence-electron chi connectivity index (χ4n) is 4.19. The van der Waals surface area contributed by atoms with Crippen LogP contribution in [0, 0.1) is 6.92 Å². The monoisotopic (exact) mass is 571 g/mol. The Morgan fingerprint density at radius 3 is 2.33 bits per heavy atom. The minimum atomic E-state index is -4.59. The Morgan fingerprint density at radius 1 is 1.00 bits per heavy atom. The Hall–Kier alpha value is -4.42. The molecule has 40 heavy (non-hydrogen) atoms. The second-order valence-corrected chi connectivity index (χ2v) is 10.6. The van der Waals surface area contributed by atoms with Gasteiger partial charge in [-0.15, -0.1) is 0 Å². The summed E-state index contributed by atoms with van der Waals surface area (Å²) in [7, 11) is -2.87. The first kappa shape index (κ1) is 28.6. The van der Waals surface area contributed by atoms with Crippen LogP contribution in [0.25, 0.3) is 11.1 Å². The van der Waals surface area contributed by atoms with Gasteiger partial charge in [-0.1, -0.05) is 18.2 Å². The molecule has 0 saturated heterocycles. The number of benzene rings is 3. The van der Waals surface area contributed by atoms with E-state index in [0.717, 1.165) is 16.4 Å².